The van der Waals surface area contributed by atoms with Crippen molar-refractivity contribution in [2.75, 3.05) is 0 Å². The van der Waals surface area contributed by atoms with E-state index in [0.29, 0.717) is 40.4 Å². The molecule has 3 heterocycles. The second-order valence-corrected chi connectivity index (χ2v) is 9.27. The van der Waals surface area contributed by atoms with E-state index in [1.54, 1.807) is 18.2 Å². The zero-order chi connectivity index (χ0) is 22.8. The molecule has 5 heteroatoms. The van der Waals surface area contributed by atoms with E-state index in [0.717, 1.165) is 10.9 Å². The minimum Gasteiger partial charge on any atom is -0.507 e. The largest absolute Gasteiger partial charge is 0.507 e. The highest BCUT2D eigenvalue weighted by molar-refractivity contribution is 5.85. The summed E-state index contributed by atoms with van der Waals surface area (Å²) < 4.78 is 18.7. The van der Waals surface area contributed by atoms with Crippen LogP contribution in [0, 0.1) is 0 Å². The Hall–Kier alpha value is -3.99. The van der Waals surface area contributed by atoms with Gasteiger partial charge in [-0.15, -0.1) is 0 Å². The number of benzene rings is 3. The van der Waals surface area contributed by atoms with Gasteiger partial charge in [0, 0.05) is 23.5 Å². The van der Waals surface area contributed by atoms with Crippen LogP contribution in [0.2, 0.25) is 0 Å². The van der Waals surface area contributed by atoms with Gasteiger partial charge in [0.1, 0.15) is 28.6 Å². The quantitative estimate of drug-likeness (QED) is 0.376. The van der Waals surface area contributed by atoms with Crippen LogP contribution in [0.1, 0.15) is 37.0 Å². The summed E-state index contributed by atoms with van der Waals surface area (Å²) in [7, 11) is 0. The van der Waals surface area contributed by atoms with Gasteiger partial charge in [0.05, 0.1) is 16.5 Å². The number of rotatable bonds is 1. The molecule has 1 atom stereocenters. The number of fused-ring (bicyclic) bond motifs is 5. The van der Waals surface area contributed by atoms with Crippen LogP contribution in [0.3, 0.4) is 0 Å². The summed E-state index contributed by atoms with van der Waals surface area (Å²) in [5.74, 6) is 1.82. The Morgan fingerprint density at radius 2 is 1.64 bits per heavy atom. The Balaban J connectivity index is 1.66. The zero-order valence-corrected chi connectivity index (χ0v) is 18.3. The molecule has 0 saturated heterocycles. The molecule has 5 nitrogen and oxygen atoms in total. The van der Waals surface area contributed by atoms with Crippen LogP contribution in [0.25, 0.3) is 16.7 Å². The molecule has 0 fully saturated rings. The van der Waals surface area contributed by atoms with Gasteiger partial charge in [-0.05, 0) is 30.3 Å². The average molecular weight is 438 g/mol. The first-order valence-electron chi connectivity index (χ1n) is 10.9. The third kappa shape index (κ3) is 2.89. The smallest absolute Gasteiger partial charge is 0.343 e. The first kappa shape index (κ1) is 19.7. The Kier molecular flexibility index (Phi) is 4.03. The van der Waals surface area contributed by atoms with Crippen molar-refractivity contribution in [2.45, 2.75) is 31.3 Å². The van der Waals surface area contributed by atoms with Crippen LogP contribution in [-0.4, -0.2) is 5.11 Å². The molecular formula is C28H22O5. The maximum absolute atomic E-state index is 13.0. The number of aromatic hydroxyl groups is 1. The Bertz CT molecular complexity index is 1510. The third-order valence-electron chi connectivity index (χ3n) is 6.53. The number of phenolic OH excluding ortho intramolecular Hbond substituents is 1. The second-order valence-electron chi connectivity index (χ2n) is 9.27. The lowest BCUT2D eigenvalue weighted by atomic mass is 9.69. The van der Waals surface area contributed by atoms with Crippen molar-refractivity contribution in [3.05, 3.63) is 106 Å². The van der Waals surface area contributed by atoms with Gasteiger partial charge < -0.3 is 19.0 Å². The molecule has 0 saturated carbocycles. The normalized spacial score (nSPS) is 20.4. The number of para-hydroxylation sites is 3. The van der Waals surface area contributed by atoms with Crippen molar-refractivity contribution in [3.8, 4) is 17.2 Å². The Labute approximate surface area is 190 Å². The number of phenols is 1. The molecule has 0 bridgehead atoms. The highest BCUT2D eigenvalue weighted by atomic mass is 16.5. The molecule has 164 valence electrons. The molecule has 6 rings (SSSR count). The highest BCUT2D eigenvalue weighted by Crippen LogP contribution is 2.54. The molecule has 2 aliphatic rings. The summed E-state index contributed by atoms with van der Waals surface area (Å²) in [6.07, 6.45) is 2.42. The summed E-state index contributed by atoms with van der Waals surface area (Å²) in [5, 5.41) is 11.3. The molecule has 4 aromatic rings. The molecule has 1 aromatic heterocycles. The highest BCUT2D eigenvalue weighted by Gasteiger charge is 2.50. The van der Waals surface area contributed by atoms with Crippen molar-refractivity contribution < 1.29 is 19.0 Å². The maximum atomic E-state index is 13.0. The SMILES string of the molecule is CC1(C)CC2(C=C(c3ccccc3O)Oc3ccccc32)Oc2c1c(=O)oc1ccccc21. The fourth-order valence-corrected chi connectivity index (χ4v) is 5.16. The number of hydrogen-bond donors (Lipinski definition) is 1. The molecule has 1 spiro atoms. The second kappa shape index (κ2) is 6.75. The standard InChI is InChI=1S/C28H22O5/c1-27(2)16-28(33-25-18-10-4-7-13-21(18)32-26(30)24(25)27)15-23(17-9-3-6-12-20(17)29)31-22-14-8-5-11-19(22)28/h3-15,29H,16H2,1-2H3. The van der Waals surface area contributed by atoms with Crippen LogP contribution < -0.4 is 15.1 Å². The lowest BCUT2D eigenvalue weighted by molar-refractivity contribution is 0.0540. The van der Waals surface area contributed by atoms with E-state index >= 15 is 0 Å². The molecule has 1 unspecified atom stereocenters. The van der Waals surface area contributed by atoms with E-state index in [-0.39, 0.29) is 11.4 Å². The number of hydrogen-bond acceptors (Lipinski definition) is 5. The first-order valence-corrected chi connectivity index (χ1v) is 10.9. The van der Waals surface area contributed by atoms with E-state index < -0.39 is 11.0 Å². The lowest BCUT2D eigenvalue weighted by Gasteiger charge is -2.46. The van der Waals surface area contributed by atoms with Gasteiger partial charge in [0.15, 0.2) is 5.60 Å². The predicted octanol–water partition coefficient (Wildman–Crippen LogP) is 5.89. The monoisotopic (exact) mass is 438 g/mol. The van der Waals surface area contributed by atoms with Crippen molar-refractivity contribution >= 4 is 16.7 Å². The van der Waals surface area contributed by atoms with Crippen molar-refractivity contribution in [3.63, 3.8) is 0 Å². The molecule has 33 heavy (non-hydrogen) atoms. The summed E-state index contributed by atoms with van der Waals surface area (Å²) in [4.78, 5) is 13.0. The molecule has 3 aromatic carbocycles. The van der Waals surface area contributed by atoms with E-state index in [1.807, 2.05) is 74.5 Å². The van der Waals surface area contributed by atoms with Gasteiger partial charge in [0.2, 0.25) is 0 Å². The topological polar surface area (TPSA) is 68.9 Å². The van der Waals surface area contributed by atoms with E-state index in [4.69, 9.17) is 13.9 Å². The molecule has 2 aliphatic heterocycles. The minimum atomic E-state index is -0.903. The van der Waals surface area contributed by atoms with Crippen LogP contribution in [0.4, 0.5) is 0 Å². The zero-order valence-electron chi connectivity index (χ0n) is 18.3. The van der Waals surface area contributed by atoms with Gasteiger partial charge in [0.25, 0.3) is 0 Å². The molecular weight excluding hydrogens is 416 g/mol. The van der Waals surface area contributed by atoms with E-state index in [2.05, 4.69) is 0 Å². The van der Waals surface area contributed by atoms with Gasteiger partial charge in [-0.1, -0.05) is 56.3 Å². The van der Waals surface area contributed by atoms with Gasteiger partial charge >= 0.3 is 5.63 Å². The van der Waals surface area contributed by atoms with Crippen molar-refractivity contribution in [1.29, 1.82) is 0 Å². The summed E-state index contributed by atoms with van der Waals surface area (Å²) in [6, 6.07) is 22.2. The van der Waals surface area contributed by atoms with Crippen molar-refractivity contribution in [1.82, 2.24) is 0 Å². The molecule has 0 amide bonds. The Morgan fingerprint density at radius 3 is 2.48 bits per heavy atom. The average Bonchev–Trinajstić information content (AvgIpc) is 2.78. The Morgan fingerprint density at radius 1 is 0.909 bits per heavy atom. The molecule has 1 N–H and O–H groups in total. The maximum Gasteiger partial charge on any atom is 0.343 e. The van der Waals surface area contributed by atoms with Crippen molar-refractivity contribution in [2.24, 2.45) is 0 Å². The molecule has 0 aliphatic carbocycles. The number of ether oxygens (including phenoxy) is 2. The third-order valence-corrected chi connectivity index (χ3v) is 6.53. The lowest BCUT2D eigenvalue weighted by Crippen LogP contribution is -2.46. The van der Waals surface area contributed by atoms with Gasteiger partial charge in [-0.25, -0.2) is 4.79 Å². The van der Waals surface area contributed by atoms with Gasteiger partial charge in [-0.3, -0.25) is 0 Å². The van der Waals surface area contributed by atoms with Crippen LogP contribution in [-0.2, 0) is 11.0 Å². The van der Waals surface area contributed by atoms with E-state index in [9.17, 15) is 9.90 Å². The molecule has 0 radical (unpaired) electrons. The summed E-state index contributed by atoms with van der Waals surface area (Å²) in [5.41, 5.74) is 0.639. The summed E-state index contributed by atoms with van der Waals surface area (Å²) in [6.45, 7) is 4.07. The first-order chi connectivity index (χ1) is 15.9. The van der Waals surface area contributed by atoms with Crippen LogP contribution >= 0.6 is 0 Å². The predicted molar refractivity (Wildman–Crippen MR) is 126 cm³/mol. The fourth-order valence-electron chi connectivity index (χ4n) is 5.16. The minimum absolute atomic E-state index is 0.125. The van der Waals surface area contributed by atoms with E-state index in [1.165, 1.54) is 0 Å². The van der Waals surface area contributed by atoms with Gasteiger partial charge in [-0.2, -0.15) is 0 Å². The summed E-state index contributed by atoms with van der Waals surface area (Å²) >= 11 is 0. The van der Waals surface area contributed by atoms with Crippen LogP contribution in [0.5, 0.6) is 17.2 Å². The fraction of sp³-hybridized carbons (Fsp3) is 0.179. The van der Waals surface area contributed by atoms with Crippen LogP contribution in [0.15, 0.2) is 88.1 Å².